The lowest BCUT2D eigenvalue weighted by atomic mass is 10.1. The fourth-order valence-electron chi connectivity index (χ4n) is 3.36. The predicted octanol–water partition coefficient (Wildman–Crippen LogP) is 0.886. The molecule has 1 aliphatic heterocycles. The van der Waals surface area contributed by atoms with Crippen molar-refractivity contribution in [3.8, 4) is 0 Å². The van der Waals surface area contributed by atoms with E-state index in [1.807, 2.05) is 13.8 Å². The van der Waals surface area contributed by atoms with Gasteiger partial charge in [-0.05, 0) is 19.4 Å². The normalized spacial score (nSPS) is 33.3. The molecule has 0 aromatic rings. The van der Waals surface area contributed by atoms with Crippen LogP contribution in [0, 0.1) is 0 Å². The van der Waals surface area contributed by atoms with E-state index in [1.54, 1.807) is 19.1 Å². The Bertz CT molecular complexity index is 438. The second kappa shape index (κ2) is 6.64. The van der Waals surface area contributed by atoms with E-state index in [0.29, 0.717) is 0 Å². The van der Waals surface area contributed by atoms with Gasteiger partial charge in [0, 0.05) is 21.1 Å². The van der Waals surface area contributed by atoms with Crippen molar-refractivity contribution in [3.63, 3.8) is 0 Å². The molecule has 2 rings (SSSR count). The van der Waals surface area contributed by atoms with Gasteiger partial charge in [-0.2, -0.15) is 0 Å². The number of ether oxygens (including phenoxy) is 5. The van der Waals surface area contributed by atoms with Crippen molar-refractivity contribution >= 4 is 5.91 Å². The van der Waals surface area contributed by atoms with E-state index in [1.165, 1.54) is 6.92 Å². The summed E-state index contributed by atoms with van der Waals surface area (Å²) in [5.74, 6) is -0.0727. The smallest absolute Gasteiger partial charge is 0.222 e. The van der Waals surface area contributed by atoms with Crippen molar-refractivity contribution < 1.29 is 28.5 Å². The van der Waals surface area contributed by atoms with E-state index in [0.717, 1.165) is 5.57 Å². The van der Waals surface area contributed by atoms with E-state index in [4.69, 9.17) is 23.7 Å². The van der Waals surface area contributed by atoms with Gasteiger partial charge in [0.1, 0.15) is 37.6 Å². The molecule has 1 amide bonds. The van der Waals surface area contributed by atoms with Gasteiger partial charge >= 0.3 is 0 Å². The van der Waals surface area contributed by atoms with Crippen LogP contribution in [0.5, 0.6) is 0 Å². The van der Waals surface area contributed by atoms with E-state index < -0.39 is 17.9 Å². The zero-order chi connectivity index (χ0) is 16.5. The molecule has 126 valence electrons. The van der Waals surface area contributed by atoms with Crippen molar-refractivity contribution in [3.05, 3.63) is 12.2 Å². The monoisotopic (exact) mass is 315 g/mol. The summed E-state index contributed by atoms with van der Waals surface area (Å²) >= 11 is 0. The van der Waals surface area contributed by atoms with Crippen LogP contribution in [-0.2, 0) is 28.5 Å². The molecule has 1 aliphatic carbocycles. The van der Waals surface area contributed by atoms with Crippen molar-refractivity contribution in [2.24, 2.45) is 0 Å². The Morgan fingerprint density at radius 1 is 1.27 bits per heavy atom. The van der Waals surface area contributed by atoms with Crippen LogP contribution in [-0.4, -0.2) is 68.7 Å². The zero-order valence-electron chi connectivity index (χ0n) is 13.8. The van der Waals surface area contributed by atoms with Gasteiger partial charge in [-0.1, -0.05) is 6.58 Å². The van der Waals surface area contributed by atoms with Crippen molar-refractivity contribution in [2.75, 3.05) is 27.8 Å². The second-order valence-corrected chi connectivity index (χ2v) is 5.97. The third-order valence-corrected chi connectivity index (χ3v) is 4.04. The first kappa shape index (κ1) is 17.4. The number of hydrogen-bond acceptors (Lipinski definition) is 6. The summed E-state index contributed by atoms with van der Waals surface area (Å²) in [7, 11) is 3.10. The quantitative estimate of drug-likeness (QED) is 0.536. The lowest BCUT2D eigenvalue weighted by Gasteiger charge is -2.34. The number of fused-ring (bicyclic) bond motifs is 1. The minimum absolute atomic E-state index is 0.0727. The third kappa shape index (κ3) is 2.91. The Kier molecular flexibility index (Phi) is 5.24. The molecular formula is C15H25NO6. The number of hydrogen-bond donors (Lipinski definition) is 0. The van der Waals surface area contributed by atoms with E-state index >= 15 is 0 Å². The van der Waals surface area contributed by atoms with Crippen LogP contribution in [0.1, 0.15) is 20.8 Å². The second-order valence-electron chi connectivity index (χ2n) is 5.97. The Labute approximate surface area is 131 Å². The van der Waals surface area contributed by atoms with Crippen LogP contribution in [0.15, 0.2) is 12.2 Å². The molecule has 2 fully saturated rings. The highest BCUT2D eigenvalue weighted by Gasteiger charge is 2.60. The van der Waals surface area contributed by atoms with Gasteiger partial charge in [0.25, 0.3) is 0 Å². The number of nitrogens with zero attached hydrogens (tertiary/aromatic N) is 1. The van der Waals surface area contributed by atoms with Crippen LogP contribution < -0.4 is 0 Å². The summed E-state index contributed by atoms with van der Waals surface area (Å²) < 4.78 is 27.5. The Morgan fingerprint density at radius 3 is 2.41 bits per heavy atom. The first-order valence-corrected chi connectivity index (χ1v) is 7.22. The summed E-state index contributed by atoms with van der Waals surface area (Å²) in [5, 5.41) is 0. The van der Waals surface area contributed by atoms with Gasteiger partial charge in [0.2, 0.25) is 5.91 Å². The molecule has 7 heteroatoms. The number of amides is 1. The van der Waals surface area contributed by atoms with E-state index in [9.17, 15) is 4.79 Å². The number of carbonyl (C=O) groups is 1. The van der Waals surface area contributed by atoms with Gasteiger partial charge in [-0.25, -0.2) is 0 Å². The molecule has 0 unspecified atom stereocenters. The fraction of sp³-hybridized carbons (Fsp3) is 0.800. The Hall–Kier alpha value is -0.990. The molecule has 22 heavy (non-hydrogen) atoms. The molecule has 0 bridgehead atoms. The van der Waals surface area contributed by atoms with Crippen molar-refractivity contribution in [1.82, 2.24) is 4.90 Å². The maximum absolute atomic E-state index is 12.1. The molecule has 0 aromatic carbocycles. The molecule has 1 heterocycles. The predicted molar refractivity (Wildman–Crippen MR) is 77.9 cm³/mol. The van der Waals surface area contributed by atoms with Crippen molar-refractivity contribution in [1.29, 1.82) is 0 Å². The van der Waals surface area contributed by atoms with Crippen LogP contribution >= 0.6 is 0 Å². The molecule has 0 aromatic heterocycles. The van der Waals surface area contributed by atoms with Crippen LogP contribution in [0.25, 0.3) is 0 Å². The zero-order valence-corrected chi connectivity index (χ0v) is 13.8. The fourth-order valence-corrected chi connectivity index (χ4v) is 3.36. The maximum atomic E-state index is 12.1. The first-order valence-electron chi connectivity index (χ1n) is 7.22. The molecule has 4 atom stereocenters. The number of methoxy groups -OCH3 is 2. The maximum Gasteiger partial charge on any atom is 0.222 e. The largest absolute Gasteiger partial charge is 0.359 e. The highest BCUT2D eigenvalue weighted by atomic mass is 16.7. The van der Waals surface area contributed by atoms with Crippen LogP contribution in [0.3, 0.4) is 0 Å². The average Bonchev–Trinajstić information content (AvgIpc) is 2.84. The standard InChI is InChI=1S/C15H25NO6/c1-9-11-13(22-15(3,4)16(11)10(2)17)14(21-8-19-6)12(9)20-7-18-5/h11-14H,1,7-8H2,2-6H3/t11-,12+,13-,14-/m0/s1. The van der Waals surface area contributed by atoms with Gasteiger partial charge in [0.15, 0.2) is 0 Å². The summed E-state index contributed by atoms with van der Waals surface area (Å²) in [6.45, 7) is 9.57. The highest BCUT2D eigenvalue weighted by Crippen LogP contribution is 2.45. The number of carbonyl (C=O) groups excluding carboxylic acids is 1. The van der Waals surface area contributed by atoms with Gasteiger partial charge in [-0.15, -0.1) is 0 Å². The Morgan fingerprint density at radius 2 is 1.86 bits per heavy atom. The molecule has 1 saturated carbocycles. The Balaban J connectivity index is 2.28. The summed E-state index contributed by atoms with van der Waals surface area (Å²) in [6, 6.07) is -0.281. The summed E-state index contributed by atoms with van der Waals surface area (Å²) in [4.78, 5) is 13.8. The molecule has 0 radical (unpaired) electrons. The van der Waals surface area contributed by atoms with Gasteiger partial charge in [-0.3, -0.25) is 4.79 Å². The molecule has 0 N–H and O–H groups in total. The molecule has 1 saturated heterocycles. The van der Waals surface area contributed by atoms with E-state index in [-0.39, 0.29) is 31.6 Å². The van der Waals surface area contributed by atoms with Crippen LogP contribution in [0.2, 0.25) is 0 Å². The molecule has 0 spiro atoms. The average molecular weight is 315 g/mol. The summed E-state index contributed by atoms with van der Waals surface area (Å²) in [6.07, 6.45) is -1.16. The third-order valence-electron chi connectivity index (χ3n) is 4.04. The van der Waals surface area contributed by atoms with Gasteiger partial charge < -0.3 is 28.6 Å². The molecule has 2 aliphatic rings. The highest BCUT2D eigenvalue weighted by molar-refractivity contribution is 5.75. The molecule has 7 nitrogen and oxygen atoms in total. The summed E-state index contributed by atoms with van der Waals surface area (Å²) in [5.41, 5.74) is 0.0364. The topological polar surface area (TPSA) is 66.5 Å². The number of rotatable bonds is 6. The van der Waals surface area contributed by atoms with Crippen LogP contribution in [0.4, 0.5) is 0 Å². The lowest BCUT2D eigenvalue weighted by molar-refractivity contribution is -0.185. The van der Waals surface area contributed by atoms with Crippen molar-refractivity contribution in [2.45, 2.75) is 50.8 Å². The minimum Gasteiger partial charge on any atom is -0.359 e. The van der Waals surface area contributed by atoms with E-state index in [2.05, 4.69) is 6.58 Å². The first-order chi connectivity index (χ1) is 10.3. The minimum atomic E-state index is -0.717. The lowest BCUT2D eigenvalue weighted by Crippen LogP contribution is -2.47. The SMILES string of the molecule is C=C1[C@@H](OCOC)[C@H](OCOC)[C@H]2OC(C)(C)N(C(C)=O)[C@@H]12. The van der Waals surface area contributed by atoms with Gasteiger partial charge in [0.05, 0.1) is 6.04 Å². The molecular weight excluding hydrogens is 290 g/mol.